The van der Waals surface area contributed by atoms with E-state index in [1.165, 1.54) is 21.8 Å². The topological polar surface area (TPSA) is 36.4 Å². The van der Waals surface area contributed by atoms with E-state index >= 15 is 0 Å². The predicted molar refractivity (Wildman–Crippen MR) is 127 cm³/mol. The number of carbonyl (C=O) groups excluding carboxylic acids is 1. The second-order valence-electron chi connectivity index (χ2n) is 7.20. The molecule has 0 radical (unpaired) electrons. The van der Waals surface area contributed by atoms with Crippen molar-refractivity contribution in [2.75, 3.05) is 37.8 Å². The average molecular weight is 448 g/mol. The van der Waals surface area contributed by atoms with E-state index in [0.29, 0.717) is 18.0 Å². The summed E-state index contributed by atoms with van der Waals surface area (Å²) in [5.41, 5.74) is 2.03. The van der Waals surface area contributed by atoms with Gasteiger partial charge in [0.25, 0.3) is 0 Å². The maximum absolute atomic E-state index is 13.0. The van der Waals surface area contributed by atoms with Crippen LogP contribution in [-0.2, 0) is 4.79 Å². The zero-order valence-corrected chi connectivity index (χ0v) is 19.4. The quantitative estimate of drug-likeness (QED) is 0.310. The standard InChI is InChI=1S/C22H26ClN3OS2/c1-16-9-11-17(12-10-16)28-15-5-8-20(27)26(14-13-25(2)3)22-24-21-18(23)6-4-7-19(21)29-22/h4,6-7,9-12H,5,8,13-15H2,1-3H3. The van der Waals surface area contributed by atoms with Crippen LogP contribution in [0, 0.1) is 6.92 Å². The fourth-order valence-corrected chi connectivity index (χ4v) is 4.99. The van der Waals surface area contributed by atoms with Gasteiger partial charge in [0.1, 0.15) is 5.52 Å². The molecule has 1 heterocycles. The second kappa shape index (κ2) is 10.4. The molecule has 0 aliphatic heterocycles. The largest absolute Gasteiger partial charge is 0.308 e. The number of thioether (sulfide) groups is 1. The molecule has 0 N–H and O–H groups in total. The zero-order chi connectivity index (χ0) is 20.8. The van der Waals surface area contributed by atoms with Crippen molar-refractivity contribution in [3.8, 4) is 0 Å². The fraction of sp³-hybridized carbons (Fsp3) is 0.364. The number of thiazole rings is 1. The second-order valence-corrected chi connectivity index (χ2v) is 9.78. The Morgan fingerprint density at radius 2 is 1.90 bits per heavy atom. The summed E-state index contributed by atoms with van der Waals surface area (Å²) >= 11 is 9.60. The highest BCUT2D eigenvalue weighted by molar-refractivity contribution is 7.99. The molecule has 0 spiro atoms. The molecule has 0 fully saturated rings. The van der Waals surface area contributed by atoms with Gasteiger partial charge in [0.2, 0.25) is 5.91 Å². The number of fused-ring (bicyclic) bond motifs is 1. The van der Waals surface area contributed by atoms with Crippen LogP contribution in [0.3, 0.4) is 0 Å². The van der Waals surface area contributed by atoms with E-state index in [2.05, 4.69) is 41.1 Å². The van der Waals surface area contributed by atoms with Crippen molar-refractivity contribution in [1.82, 2.24) is 9.88 Å². The molecular weight excluding hydrogens is 422 g/mol. The van der Waals surface area contributed by atoms with E-state index in [1.54, 1.807) is 11.8 Å². The van der Waals surface area contributed by atoms with Gasteiger partial charge in [0.15, 0.2) is 5.13 Å². The van der Waals surface area contributed by atoms with Crippen LogP contribution in [0.25, 0.3) is 10.2 Å². The van der Waals surface area contributed by atoms with Crippen LogP contribution in [0.4, 0.5) is 5.13 Å². The van der Waals surface area contributed by atoms with E-state index in [-0.39, 0.29) is 5.91 Å². The first-order chi connectivity index (χ1) is 13.9. The Morgan fingerprint density at radius 3 is 2.59 bits per heavy atom. The maximum atomic E-state index is 13.0. The molecule has 0 atom stereocenters. The molecule has 7 heteroatoms. The van der Waals surface area contributed by atoms with Crippen molar-refractivity contribution in [2.24, 2.45) is 0 Å². The van der Waals surface area contributed by atoms with Crippen molar-refractivity contribution >= 4 is 56.0 Å². The smallest absolute Gasteiger partial charge is 0.228 e. The number of rotatable bonds is 9. The first-order valence-electron chi connectivity index (χ1n) is 9.63. The lowest BCUT2D eigenvalue weighted by Gasteiger charge is -2.22. The SMILES string of the molecule is Cc1ccc(SCCCC(=O)N(CCN(C)C)c2nc3c(Cl)cccc3s2)cc1. The van der Waals surface area contributed by atoms with Crippen LogP contribution in [0.2, 0.25) is 5.02 Å². The lowest BCUT2D eigenvalue weighted by molar-refractivity contribution is -0.118. The number of benzene rings is 2. The predicted octanol–water partition coefficient (Wildman–Crippen LogP) is 5.73. The van der Waals surface area contributed by atoms with Gasteiger partial charge in [-0.3, -0.25) is 9.69 Å². The normalized spacial score (nSPS) is 11.3. The molecule has 2 aromatic carbocycles. The van der Waals surface area contributed by atoms with Gasteiger partial charge in [-0.2, -0.15) is 0 Å². The molecule has 1 amide bonds. The minimum atomic E-state index is 0.117. The molecule has 0 aliphatic rings. The van der Waals surface area contributed by atoms with Crippen LogP contribution < -0.4 is 4.90 Å². The van der Waals surface area contributed by atoms with E-state index in [0.717, 1.165) is 34.1 Å². The summed E-state index contributed by atoms with van der Waals surface area (Å²) < 4.78 is 1.00. The van der Waals surface area contributed by atoms with Gasteiger partial charge in [0, 0.05) is 24.4 Å². The molecule has 154 valence electrons. The monoisotopic (exact) mass is 447 g/mol. The molecule has 0 unspecified atom stereocenters. The number of likely N-dealkylation sites (N-methyl/N-ethyl adjacent to an activating group) is 1. The highest BCUT2D eigenvalue weighted by Crippen LogP contribution is 2.33. The Labute approximate surface area is 185 Å². The van der Waals surface area contributed by atoms with Gasteiger partial charge in [-0.15, -0.1) is 11.8 Å². The molecule has 3 aromatic rings. The summed E-state index contributed by atoms with van der Waals surface area (Å²) in [7, 11) is 4.02. The van der Waals surface area contributed by atoms with Crippen molar-refractivity contribution in [2.45, 2.75) is 24.7 Å². The van der Waals surface area contributed by atoms with Gasteiger partial charge in [0.05, 0.1) is 9.72 Å². The third-order valence-electron chi connectivity index (χ3n) is 4.49. The molecule has 29 heavy (non-hydrogen) atoms. The van der Waals surface area contributed by atoms with E-state index in [4.69, 9.17) is 11.6 Å². The van der Waals surface area contributed by atoms with Crippen LogP contribution in [0.5, 0.6) is 0 Å². The maximum Gasteiger partial charge on any atom is 0.228 e. The zero-order valence-electron chi connectivity index (χ0n) is 17.0. The molecule has 0 bridgehead atoms. The minimum absolute atomic E-state index is 0.117. The van der Waals surface area contributed by atoms with Gasteiger partial charge in [-0.25, -0.2) is 4.98 Å². The van der Waals surface area contributed by atoms with Crippen molar-refractivity contribution in [3.05, 3.63) is 53.1 Å². The highest BCUT2D eigenvalue weighted by Gasteiger charge is 2.20. The number of aryl methyl sites for hydroxylation is 1. The summed E-state index contributed by atoms with van der Waals surface area (Å²) in [6.07, 6.45) is 1.34. The summed E-state index contributed by atoms with van der Waals surface area (Å²) in [6.45, 7) is 3.49. The van der Waals surface area contributed by atoms with Gasteiger partial charge in [-0.05, 0) is 57.5 Å². The first kappa shape index (κ1) is 22.1. The molecule has 1 aromatic heterocycles. The van der Waals surface area contributed by atoms with Crippen LogP contribution in [-0.4, -0.2) is 48.7 Å². The summed E-state index contributed by atoms with van der Waals surface area (Å²) in [4.78, 5) is 22.8. The Balaban J connectivity index is 1.64. The Kier molecular flexibility index (Phi) is 7.95. The molecule has 3 rings (SSSR count). The molecular formula is C22H26ClN3OS2. The molecule has 0 aliphatic carbocycles. The van der Waals surface area contributed by atoms with Crippen molar-refractivity contribution in [3.63, 3.8) is 0 Å². The first-order valence-corrected chi connectivity index (χ1v) is 11.8. The Bertz CT molecular complexity index is 956. The van der Waals surface area contributed by atoms with Gasteiger partial charge < -0.3 is 4.90 Å². The Hall–Kier alpha value is -1.60. The third kappa shape index (κ3) is 6.19. The lowest BCUT2D eigenvalue weighted by atomic mass is 10.2. The third-order valence-corrected chi connectivity index (χ3v) is 6.93. The number of amides is 1. The molecule has 0 saturated heterocycles. The fourth-order valence-electron chi connectivity index (χ4n) is 2.83. The summed E-state index contributed by atoms with van der Waals surface area (Å²) in [5, 5.41) is 1.35. The Morgan fingerprint density at radius 1 is 1.14 bits per heavy atom. The van der Waals surface area contributed by atoms with Crippen molar-refractivity contribution < 1.29 is 4.79 Å². The van der Waals surface area contributed by atoms with Crippen molar-refractivity contribution in [1.29, 1.82) is 0 Å². The number of anilines is 1. The van der Waals surface area contributed by atoms with E-state index < -0.39 is 0 Å². The number of hydrogen-bond acceptors (Lipinski definition) is 5. The highest BCUT2D eigenvalue weighted by atomic mass is 35.5. The lowest BCUT2D eigenvalue weighted by Crippen LogP contribution is -2.36. The van der Waals surface area contributed by atoms with Crippen LogP contribution in [0.15, 0.2) is 47.4 Å². The van der Waals surface area contributed by atoms with E-state index in [1.807, 2.05) is 37.2 Å². The van der Waals surface area contributed by atoms with Gasteiger partial charge in [-0.1, -0.05) is 46.7 Å². The summed E-state index contributed by atoms with van der Waals surface area (Å²) in [5.74, 6) is 1.04. The average Bonchev–Trinajstić information content (AvgIpc) is 3.12. The van der Waals surface area contributed by atoms with Gasteiger partial charge >= 0.3 is 0 Å². The number of aromatic nitrogens is 1. The number of para-hydroxylation sites is 1. The number of nitrogens with zero attached hydrogens (tertiary/aromatic N) is 3. The molecule has 0 saturated carbocycles. The minimum Gasteiger partial charge on any atom is -0.308 e. The van der Waals surface area contributed by atoms with E-state index in [9.17, 15) is 4.79 Å². The van der Waals surface area contributed by atoms with Crippen LogP contribution in [0.1, 0.15) is 18.4 Å². The van der Waals surface area contributed by atoms with Crippen LogP contribution >= 0.6 is 34.7 Å². The number of halogens is 1. The number of hydrogen-bond donors (Lipinski definition) is 0. The summed E-state index contributed by atoms with van der Waals surface area (Å²) in [6, 6.07) is 14.3. The number of carbonyl (C=O) groups is 1. The molecule has 4 nitrogen and oxygen atoms in total.